The van der Waals surface area contributed by atoms with E-state index in [9.17, 15) is 9.59 Å². The van der Waals surface area contributed by atoms with Crippen LogP contribution in [-0.2, 0) is 0 Å². The molecule has 0 amide bonds. The molecule has 0 unspecified atom stereocenters. The molecule has 0 saturated carbocycles. The Hall–Kier alpha value is -3.08. The molecule has 1 aliphatic heterocycles. The van der Waals surface area contributed by atoms with Gasteiger partial charge in [-0.3, -0.25) is 4.79 Å². The van der Waals surface area contributed by atoms with Crippen LogP contribution in [0.3, 0.4) is 0 Å². The van der Waals surface area contributed by atoms with Gasteiger partial charge in [0.1, 0.15) is 11.5 Å². The number of carbonyl (C=O) groups excluding carboxylic acids is 2. The fraction of sp³-hybridized carbons (Fsp3) is 0.0435. The van der Waals surface area contributed by atoms with Gasteiger partial charge in [-0.2, -0.15) is 0 Å². The number of ketones is 1. The van der Waals surface area contributed by atoms with Crippen molar-refractivity contribution in [3.63, 3.8) is 0 Å². The van der Waals surface area contributed by atoms with Gasteiger partial charge >= 0.3 is 5.97 Å². The number of rotatable bonds is 3. The Morgan fingerprint density at radius 3 is 2.62 bits per heavy atom. The molecule has 4 rings (SSSR count). The van der Waals surface area contributed by atoms with E-state index in [1.807, 2.05) is 19.1 Å². The van der Waals surface area contributed by atoms with Gasteiger partial charge in [0.05, 0.1) is 21.2 Å². The van der Waals surface area contributed by atoms with Crippen LogP contribution in [0.25, 0.3) is 6.08 Å². The predicted octanol–water partition coefficient (Wildman–Crippen LogP) is 6.14. The van der Waals surface area contributed by atoms with Gasteiger partial charge < -0.3 is 9.47 Å². The Balaban J connectivity index is 1.59. The number of carbonyl (C=O) groups is 2. The molecule has 0 fully saturated rings. The Kier molecular flexibility index (Phi) is 5.14. The largest absolute Gasteiger partial charge is 0.452 e. The van der Waals surface area contributed by atoms with Gasteiger partial charge in [0.25, 0.3) is 0 Å². The van der Waals surface area contributed by atoms with Crippen molar-refractivity contribution < 1.29 is 19.1 Å². The molecule has 3 aromatic carbocycles. The third-order valence-corrected chi connectivity index (χ3v) is 5.32. The standard InChI is InChI=1S/C23H14Cl2O4/c1-13-5-2-3-7-16(13)23(27)28-15-9-10-17-19(12-15)29-20(22(17)26)11-14-6-4-8-18(24)21(14)25/h2-12H,1H3. The summed E-state index contributed by atoms with van der Waals surface area (Å²) in [5, 5.41) is 0.719. The van der Waals surface area contributed by atoms with E-state index >= 15 is 0 Å². The Morgan fingerprint density at radius 2 is 1.83 bits per heavy atom. The first kappa shape index (κ1) is 19.2. The maximum Gasteiger partial charge on any atom is 0.343 e. The minimum atomic E-state index is -0.478. The number of aryl methyl sites for hydroxylation is 1. The van der Waals surface area contributed by atoms with Gasteiger partial charge in [0.15, 0.2) is 5.76 Å². The second kappa shape index (κ2) is 7.74. The number of hydrogen-bond acceptors (Lipinski definition) is 4. The van der Waals surface area contributed by atoms with Crippen LogP contribution >= 0.6 is 23.2 Å². The molecular formula is C23H14Cl2O4. The summed E-state index contributed by atoms with van der Waals surface area (Å²) in [7, 11) is 0. The van der Waals surface area contributed by atoms with Crippen molar-refractivity contribution in [2.45, 2.75) is 6.92 Å². The van der Waals surface area contributed by atoms with Gasteiger partial charge in [-0.1, -0.05) is 53.5 Å². The number of halogens is 2. The number of ether oxygens (including phenoxy) is 2. The second-order valence-electron chi connectivity index (χ2n) is 6.45. The molecule has 1 aliphatic rings. The highest BCUT2D eigenvalue weighted by Gasteiger charge is 2.28. The SMILES string of the molecule is Cc1ccccc1C(=O)Oc1ccc2c(c1)OC(=Cc1cccc(Cl)c1Cl)C2=O. The molecular weight excluding hydrogens is 411 g/mol. The quantitative estimate of drug-likeness (QED) is 0.288. The van der Waals surface area contributed by atoms with Gasteiger partial charge in [0.2, 0.25) is 5.78 Å². The van der Waals surface area contributed by atoms with E-state index < -0.39 is 5.97 Å². The van der Waals surface area contributed by atoms with Crippen LogP contribution in [0.5, 0.6) is 11.5 Å². The van der Waals surface area contributed by atoms with E-state index in [1.165, 1.54) is 12.1 Å². The number of allylic oxidation sites excluding steroid dienone is 1. The molecule has 29 heavy (non-hydrogen) atoms. The fourth-order valence-electron chi connectivity index (χ4n) is 2.97. The molecule has 0 spiro atoms. The van der Waals surface area contributed by atoms with Crippen molar-refractivity contribution in [1.82, 2.24) is 0 Å². The number of fused-ring (bicyclic) bond motifs is 1. The molecule has 144 valence electrons. The lowest BCUT2D eigenvalue weighted by molar-refractivity contribution is 0.0733. The lowest BCUT2D eigenvalue weighted by atomic mass is 10.1. The van der Waals surface area contributed by atoms with Crippen LogP contribution in [0.1, 0.15) is 31.8 Å². The molecule has 0 aliphatic carbocycles. The highest BCUT2D eigenvalue weighted by molar-refractivity contribution is 6.43. The zero-order chi connectivity index (χ0) is 20.5. The van der Waals surface area contributed by atoms with Crippen LogP contribution in [-0.4, -0.2) is 11.8 Å². The molecule has 0 bridgehead atoms. The normalized spacial score (nSPS) is 13.9. The first-order valence-corrected chi connectivity index (χ1v) is 9.50. The molecule has 1 heterocycles. The second-order valence-corrected chi connectivity index (χ2v) is 7.23. The van der Waals surface area contributed by atoms with Crippen molar-refractivity contribution in [3.05, 3.63) is 98.7 Å². The summed E-state index contributed by atoms with van der Waals surface area (Å²) < 4.78 is 11.1. The summed E-state index contributed by atoms with van der Waals surface area (Å²) in [5.41, 5.74) is 2.24. The molecule has 0 aromatic heterocycles. The average Bonchev–Trinajstić information content (AvgIpc) is 3.00. The Labute approximate surface area is 177 Å². The zero-order valence-corrected chi connectivity index (χ0v) is 16.8. The van der Waals surface area contributed by atoms with Gasteiger partial charge in [-0.05, 0) is 48.4 Å². The summed E-state index contributed by atoms with van der Waals surface area (Å²) in [6.45, 7) is 1.83. The Bertz CT molecular complexity index is 1180. The smallest absolute Gasteiger partial charge is 0.343 e. The van der Waals surface area contributed by atoms with Crippen molar-refractivity contribution in [2.75, 3.05) is 0 Å². The molecule has 0 N–H and O–H groups in total. The van der Waals surface area contributed by atoms with E-state index in [1.54, 1.807) is 42.5 Å². The molecule has 6 heteroatoms. The molecule has 0 atom stereocenters. The summed E-state index contributed by atoms with van der Waals surface area (Å²) in [6, 6.07) is 16.9. The first-order chi connectivity index (χ1) is 13.9. The van der Waals surface area contributed by atoms with E-state index in [4.69, 9.17) is 32.7 Å². The predicted molar refractivity (Wildman–Crippen MR) is 112 cm³/mol. The number of esters is 1. The van der Waals surface area contributed by atoms with Gasteiger partial charge in [0, 0.05) is 6.07 Å². The summed E-state index contributed by atoms with van der Waals surface area (Å²) in [5.74, 6) is -0.0467. The highest BCUT2D eigenvalue weighted by Crippen LogP contribution is 2.36. The maximum absolute atomic E-state index is 12.6. The van der Waals surface area contributed by atoms with Gasteiger partial charge in [-0.15, -0.1) is 0 Å². The number of hydrogen-bond donors (Lipinski definition) is 0. The average molecular weight is 425 g/mol. The van der Waals surface area contributed by atoms with Crippen LogP contribution in [0.15, 0.2) is 66.4 Å². The van der Waals surface area contributed by atoms with Crippen molar-refractivity contribution in [1.29, 1.82) is 0 Å². The third kappa shape index (κ3) is 3.77. The van der Waals surface area contributed by atoms with Gasteiger partial charge in [-0.25, -0.2) is 4.79 Å². The summed E-state index contributed by atoms with van der Waals surface area (Å²) >= 11 is 12.2. The molecule has 0 saturated heterocycles. The summed E-state index contributed by atoms with van der Waals surface area (Å²) in [4.78, 5) is 25.0. The van der Waals surface area contributed by atoms with E-state index in [0.29, 0.717) is 32.5 Å². The lowest BCUT2D eigenvalue weighted by Crippen LogP contribution is -2.10. The van der Waals surface area contributed by atoms with Crippen LogP contribution < -0.4 is 9.47 Å². The topological polar surface area (TPSA) is 52.6 Å². The molecule has 0 radical (unpaired) electrons. The first-order valence-electron chi connectivity index (χ1n) is 8.74. The van der Waals surface area contributed by atoms with Crippen LogP contribution in [0, 0.1) is 6.92 Å². The van der Waals surface area contributed by atoms with E-state index in [2.05, 4.69) is 0 Å². The van der Waals surface area contributed by atoms with Crippen LogP contribution in [0.4, 0.5) is 0 Å². The molecule has 3 aromatic rings. The minimum absolute atomic E-state index is 0.117. The van der Waals surface area contributed by atoms with Crippen molar-refractivity contribution >= 4 is 41.0 Å². The monoisotopic (exact) mass is 424 g/mol. The maximum atomic E-state index is 12.6. The van der Waals surface area contributed by atoms with Crippen molar-refractivity contribution in [3.8, 4) is 11.5 Å². The third-order valence-electron chi connectivity index (χ3n) is 4.49. The minimum Gasteiger partial charge on any atom is -0.452 e. The fourth-order valence-corrected chi connectivity index (χ4v) is 3.33. The summed E-state index contributed by atoms with van der Waals surface area (Å²) in [6.07, 6.45) is 1.54. The lowest BCUT2D eigenvalue weighted by Gasteiger charge is -2.07. The highest BCUT2D eigenvalue weighted by atomic mass is 35.5. The Morgan fingerprint density at radius 1 is 1.03 bits per heavy atom. The van der Waals surface area contributed by atoms with E-state index in [0.717, 1.165) is 5.56 Å². The number of benzene rings is 3. The van der Waals surface area contributed by atoms with E-state index in [-0.39, 0.29) is 17.3 Å². The van der Waals surface area contributed by atoms with Crippen LogP contribution in [0.2, 0.25) is 10.0 Å². The zero-order valence-electron chi connectivity index (χ0n) is 15.2. The number of Topliss-reactive ketones (excluding diaryl/α,β-unsaturated/α-hetero) is 1. The molecule has 4 nitrogen and oxygen atoms in total. The van der Waals surface area contributed by atoms with Crippen molar-refractivity contribution in [2.24, 2.45) is 0 Å².